The van der Waals surface area contributed by atoms with E-state index < -0.39 is 0 Å². The Balaban J connectivity index is 2.65. The largest absolute Gasteiger partial charge is 0.357 e. The van der Waals surface area contributed by atoms with Crippen molar-refractivity contribution in [1.82, 2.24) is 20.4 Å². The molecule has 0 saturated heterocycles. The average molecular weight is 362 g/mol. The molecular formula is C20H35N5O. The first-order valence-electron chi connectivity index (χ1n) is 9.53. The van der Waals surface area contributed by atoms with Gasteiger partial charge in [0, 0.05) is 39.1 Å². The van der Waals surface area contributed by atoms with Gasteiger partial charge < -0.3 is 20.4 Å². The molecule has 0 aliphatic carbocycles. The van der Waals surface area contributed by atoms with Gasteiger partial charge in [-0.25, -0.2) is 4.99 Å². The Bertz CT molecular complexity index is 567. The first-order chi connectivity index (χ1) is 12.5. The summed E-state index contributed by atoms with van der Waals surface area (Å²) in [7, 11) is 4.14. The van der Waals surface area contributed by atoms with Crippen molar-refractivity contribution in [3.8, 4) is 0 Å². The van der Waals surface area contributed by atoms with Crippen LogP contribution in [-0.2, 0) is 17.9 Å². The summed E-state index contributed by atoms with van der Waals surface area (Å²) in [4.78, 5) is 20.8. The standard InChI is InChI=1S/C20H35N5O/c1-6-21-20(22-14-13-19(26)25(7-2)8-3)23-15-17-11-9-10-12-18(17)16-24(4)5/h9-12H,6-8,13-16H2,1-5H3,(H2,21,22,23). The Kier molecular flexibility index (Phi) is 10.4. The van der Waals surface area contributed by atoms with E-state index in [1.807, 2.05) is 31.7 Å². The highest BCUT2D eigenvalue weighted by Crippen LogP contribution is 2.11. The Morgan fingerprint density at radius 1 is 1.04 bits per heavy atom. The predicted octanol–water partition coefficient (Wildman–Crippen LogP) is 2.06. The zero-order valence-electron chi connectivity index (χ0n) is 17.0. The Hall–Kier alpha value is -2.08. The lowest BCUT2D eigenvalue weighted by Gasteiger charge is -2.19. The molecule has 0 bridgehead atoms. The second-order valence-corrected chi connectivity index (χ2v) is 6.44. The van der Waals surface area contributed by atoms with E-state index in [1.165, 1.54) is 11.1 Å². The molecule has 1 aromatic carbocycles. The molecule has 0 fully saturated rings. The number of carbonyl (C=O) groups excluding carboxylic acids is 1. The molecule has 26 heavy (non-hydrogen) atoms. The Labute approximate surface area is 158 Å². The summed E-state index contributed by atoms with van der Waals surface area (Å²) < 4.78 is 0. The lowest BCUT2D eigenvalue weighted by molar-refractivity contribution is -0.130. The molecular weight excluding hydrogens is 326 g/mol. The fourth-order valence-corrected chi connectivity index (χ4v) is 2.73. The number of amides is 1. The second kappa shape index (κ2) is 12.3. The minimum Gasteiger partial charge on any atom is -0.357 e. The topological polar surface area (TPSA) is 60.0 Å². The summed E-state index contributed by atoms with van der Waals surface area (Å²) in [6.45, 7) is 10.4. The van der Waals surface area contributed by atoms with Gasteiger partial charge in [0.05, 0.1) is 6.54 Å². The van der Waals surface area contributed by atoms with Crippen LogP contribution in [0.5, 0.6) is 0 Å². The number of benzene rings is 1. The van der Waals surface area contributed by atoms with Crippen molar-refractivity contribution in [2.45, 2.75) is 40.3 Å². The molecule has 0 saturated carbocycles. The maximum Gasteiger partial charge on any atom is 0.224 e. The molecule has 0 radical (unpaired) electrons. The van der Waals surface area contributed by atoms with Gasteiger partial charge in [-0.3, -0.25) is 4.79 Å². The quantitative estimate of drug-likeness (QED) is 0.495. The van der Waals surface area contributed by atoms with Gasteiger partial charge in [0.1, 0.15) is 0 Å². The minimum atomic E-state index is 0.176. The van der Waals surface area contributed by atoms with Gasteiger partial charge in [-0.15, -0.1) is 0 Å². The summed E-state index contributed by atoms with van der Waals surface area (Å²) in [6, 6.07) is 8.38. The van der Waals surface area contributed by atoms with Gasteiger partial charge in [-0.05, 0) is 46.0 Å². The van der Waals surface area contributed by atoms with Gasteiger partial charge >= 0.3 is 0 Å². The maximum atomic E-state index is 12.1. The van der Waals surface area contributed by atoms with Gasteiger partial charge in [0.2, 0.25) is 5.91 Å². The summed E-state index contributed by atoms with van der Waals surface area (Å²) in [6.07, 6.45) is 0.476. The maximum absolute atomic E-state index is 12.1. The van der Waals surface area contributed by atoms with Gasteiger partial charge in [-0.1, -0.05) is 24.3 Å². The predicted molar refractivity (Wildman–Crippen MR) is 109 cm³/mol. The fourth-order valence-electron chi connectivity index (χ4n) is 2.73. The number of carbonyl (C=O) groups is 1. The van der Waals surface area contributed by atoms with E-state index in [0.717, 1.165) is 32.1 Å². The summed E-state index contributed by atoms with van der Waals surface area (Å²) in [5.74, 6) is 0.925. The second-order valence-electron chi connectivity index (χ2n) is 6.44. The number of guanidine groups is 1. The lowest BCUT2D eigenvalue weighted by Crippen LogP contribution is -2.40. The molecule has 0 aromatic heterocycles. The molecule has 0 heterocycles. The molecule has 6 heteroatoms. The van der Waals surface area contributed by atoms with Crippen molar-refractivity contribution in [3.05, 3.63) is 35.4 Å². The Morgan fingerprint density at radius 3 is 2.27 bits per heavy atom. The van der Waals surface area contributed by atoms with E-state index in [4.69, 9.17) is 0 Å². The third kappa shape index (κ3) is 7.87. The number of hydrogen-bond acceptors (Lipinski definition) is 3. The van der Waals surface area contributed by atoms with Crippen LogP contribution < -0.4 is 10.6 Å². The molecule has 0 spiro atoms. The van der Waals surface area contributed by atoms with Crippen molar-refractivity contribution in [3.63, 3.8) is 0 Å². The van der Waals surface area contributed by atoms with Crippen molar-refractivity contribution in [2.75, 3.05) is 40.3 Å². The van der Waals surface area contributed by atoms with E-state index in [9.17, 15) is 4.79 Å². The van der Waals surface area contributed by atoms with Crippen LogP contribution in [-0.4, -0.2) is 61.9 Å². The fraction of sp³-hybridized carbons (Fsp3) is 0.600. The number of nitrogens with one attached hydrogen (secondary N) is 2. The molecule has 2 N–H and O–H groups in total. The molecule has 6 nitrogen and oxygen atoms in total. The first kappa shape index (κ1) is 22.0. The van der Waals surface area contributed by atoms with Crippen LogP contribution in [0.4, 0.5) is 0 Å². The number of hydrogen-bond donors (Lipinski definition) is 2. The highest BCUT2D eigenvalue weighted by Gasteiger charge is 2.09. The van der Waals surface area contributed by atoms with E-state index in [-0.39, 0.29) is 5.91 Å². The minimum absolute atomic E-state index is 0.176. The molecule has 0 unspecified atom stereocenters. The lowest BCUT2D eigenvalue weighted by atomic mass is 10.1. The van der Waals surface area contributed by atoms with Crippen molar-refractivity contribution in [2.24, 2.45) is 4.99 Å². The highest BCUT2D eigenvalue weighted by atomic mass is 16.2. The normalized spacial score (nSPS) is 11.5. The van der Waals surface area contributed by atoms with Crippen molar-refractivity contribution in [1.29, 1.82) is 0 Å². The van der Waals surface area contributed by atoms with E-state index in [2.05, 4.69) is 52.8 Å². The monoisotopic (exact) mass is 361 g/mol. The number of aliphatic imine (C=N–C) groups is 1. The number of rotatable bonds is 10. The van der Waals surface area contributed by atoms with Gasteiger partial charge in [0.25, 0.3) is 0 Å². The van der Waals surface area contributed by atoms with Gasteiger partial charge in [-0.2, -0.15) is 0 Å². The SMILES string of the molecule is CCNC(=NCc1ccccc1CN(C)C)NCCC(=O)N(CC)CC. The number of nitrogens with zero attached hydrogens (tertiary/aromatic N) is 3. The molecule has 0 aliphatic heterocycles. The van der Waals surface area contributed by atoms with Crippen LogP contribution in [0.15, 0.2) is 29.3 Å². The van der Waals surface area contributed by atoms with Crippen LogP contribution >= 0.6 is 0 Å². The smallest absolute Gasteiger partial charge is 0.224 e. The van der Waals surface area contributed by atoms with Crippen LogP contribution in [0.25, 0.3) is 0 Å². The van der Waals surface area contributed by atoms with Crippen molar-refractivity contribution < 1.29 is 4.79 Å². The first-order valence-corrected chi connectivity index (χ1v) is 9.53. The Morgan fingerprint density at radius 2 is 1.69 bits per heavy atom. The molecule has 0 aliphatic rings. The van der Waals surface area contributed by atoms with Crippen molar-refractivity contribution >= 4 is 11.9 Å². The molecule has 1 rings (SSSR count). The van der Waals surface area contributed by atoms with Crippen LogP contribution in [0.3, 0.4) is 0 Å². The average Bonchev–Trinajstić information content (AvgIpc) is 2.61. The highest BCUT2D eigenvalue weighted by molar-refractivity contribution is 5.81. The van der Waals surface area contributed by atoms with Crippen LogP contribution in [0.1, 0.15) is 38.3 Å². The summed E-state index contributed by atoms with van der Waals surface area (Å²) in [5.41, 5.74) is 2.51. The molecule has 1 amide bonds. The van der Waals surface area contributed by atoms with E-state index in [0.29, 0.717) is 19.5 Å². The van der Waals surface area contributed by atoms with Crippen LogP contribution in [0, 0.1) is 0 Å². The zero-order chi connectivity index (χ0) is 19.4. The summed E-state index contributed by atoms with van der Waals surface area (Å²) in [5, 5.41) is 6.51. The zero-order valence-corrected chi connectivity index (χ0v) is 17.0. The molecule has 146 valence electrons. The molecule has 1 aromatic rings. The van der Waals surface area contributed by atoms with Crippen LogP contribution in [0.2, 0.25) is 0 Å². The molecule has 0 atom stereocenters. The van der Waals surface area contributed by atoms with E-state index in [1.54, 1.807) is 0 Å². The van der Waals surface area contributed by atoms with E-state index >= 15 is 0 Å². The third-order valence-electron chi connectivity index (χ3n) is 4.10. The third-order valence-corrected chi connectivity index (χ3v) is 4.10. The summed E-state index contributed by atoms with van der Waals surface area (Å²) >= 11 is 0. The van der Waals surface area contributed by atoms with Gasteiger partial charge in [0.15, 0.2) is 5.96 Å².